The highest BCUT2D eigenvalue weighted by Crippen LogP contribution is 2.21. The molecule has 0 aromatic rings. The van der Waals surface area contributed by atoms with Gasteiger partial charge >= 0.3 is 0 Å². The van der Waals surface area contributed by atoms with Crippen molar-refractivity contribution in [1.82, 2.24) is 0 Å². The molecule has 0 amide bonds. The minimum Gasteiger partial charge on any atom is -0.386 e. The predicted octanol–water partition coefficient (Wildman–Crippen LogP) is 0.118. The Balaban J connectivity index is 2.78. The second-order valence-corrected chi connectivity index (χ2v) is 2.51. The summed E-state index contributed by atoms with van der Waals surface area (Å²) in [7, 11) is 0. The summed E-state index contributed by atoms with van der Waals surface area (Å²) in [5, 5.41) is 27.1. The van der Waals surface area contributed by atoms with E-state index in [0.717, 1.165) is 0 Å². The number of hydrogen-bond donors (Lipinski definition) is 2. The number of nitriles is 1. The fraction of sp³-hybridized carbons (Fsp3) is 0.375. The van der Waals surface area contributed by atoms with Crippen LogP contribution in [0.5, 0.6) is 0 Å². The van der Waals surface area contributed by atoms with Crippen LogP contribution in [0.4, 0.5) is 0 Å². The zero-order chi connectivity index (χ0) is 8.32. The van der Waals surface area contributed by atoms with Gasteiger partial charge in [0, 0.05) is 0 Å². The average molecular weight is 151 g/mol. The lowest BCUT2D eigenvalue weighted by Gasteiger charge is -2.27. The number of rotatable bonds is 1. The van der Waals surface area contributed by atoms with Gasteiger partial charge in [-0.2, -0.15) is 5.26 Å². The van der Waals surface area contributed by atoms with Crippen molar-refractivity contribution < 1.29 is 10.2 Å². The maximum Gasteiger partial charge on any atom is 0.125 e. The van der Waals surface area contributed by atoms with Gasteiger partial charge in [0.05, 0.1) is 12.5 Å². The van der Waals surface area contributed by atoms with Crippen LogP contribution in [0.25, 0.3) is 0 Å². The fourth-order valence-corrected chi connectivity index (χ4v) is 0.947. The van der Waals surface area contributed by atoms with E-state index in [9.17, 15) is 10.2 Å². The Morgan fingerprint density at radius 1 is 1.55 bits per heavy atom. The molecule has 1 rings (SSSR count). The lowest BCUT2D eigenvalue weighted by molar-refractivity contribution is -0.0116. The molecule has 3 heteroatoms. The quantitative estimate of drug-likeness (QED) is 0.559. The van der Waals surface area contributed by atoms with Crippen molar-refractivity contribution in [2.24, 2.45) is 0 Å². The molecule has 0 spiro atoms. The molecule has 58 valence electrons. The van der Waals surface area contributed by atoms with Crippen molar-refractivity contribution in [3.63, 3.8) is 0 Å². The Hall–Kier alpha value is -1.11. The largest absolute Gasteiger partial charge is 0.386 e. The van der Waals surface area contributed by atoms with Crippen LogP contribution < -0.4 is 0 Å². The van der Waals surface area contributed by atoms with Crippen LogP contribution in [0.3, 0.4) is 0 Å². The molecule has 0 aromatic carbocycles. The molecule has 0 unspecified atom stereocenters. The summed E-state index contributed by atoms with van der Waals surface area (Å²) in [6.07, 6.45) is 5.08. The summed E-state index contributed by atoms with van der Waals surface area (Å²) in [4.78, 5) is 0. The van der Waals surface area contributed by atoms with E-state index in [0.29, 0.717) is 0 Å². The van der Waals surface area contributed by atoms with Gasteiger partial charge in [-0.25, -0.2) is 0 Å². The molecule has 0 saturated heterocycles. The van der Waals surface area contributed by atoms with Crippen LogP contribution in [0.2, 0.25) is 0 Å². The van der Waals surface area contributed by atoms with E-state index in [1.807, 2.05) is 6.07 Å². The van der Waals surface area contributed by atoms with Crippen molar-refractivity contribution in [2.75, 3.05) is 0 Å². The Kier molecular flexibility index (Phi) is 2.08. The number of allylic oxidation sites excluding steroid dienone is 2. The molecule has 3 nitrogen and oxygen atoms in total. The smallest absolute Gasteiger partial charge is 0.125 e. The Labute approximate surface area is 64.9 Å². The number of nitrogens with zero attached hydrogens (tertiary/aromatic N) is 1. The lowest BCUT2D eigenvalue weighted by Crippen LogP contribution is -2.39. The van der Waals surface area contributed by atoms with Crippen LogP contribution >= 0.6 is 0 Å². The molecule has 1 aliphatic carbocycles. The zero-order valence-electron chi connectivity index (χ0n) is 5.94. The molecule has 0 fully saturated rings. The number of aliphatic hydroxyl groups excluding tert-OH is 1. The summed E-state index contributed by atoms with van der Waals surface area (Å²) in [5.74, 6) is 0. The van der Waals surface area contributed by atoms with E-state index >= 15 is 0 Å². The molecule has 0 bridgehead atoms. The van der Waals surface area contributed by atoms with E-state index in [-0.39, 0.29) is 6.42 Å². The summed E-state index contributed by atoms with van der Waals surface area (Å²) in [6.45, 7) is 0. The summed E-state index contributed by atoms with van der Waals surface area (Å²) < 4.78 is 0. The Morgan fingerprint density at radius 3 is 2.82 bits per heavy atom. The fourth-order valence-electron chi connectivity index (χ4n) is 0.947. The third-order valence-electron chi connectivity index (χ3n) is 1.66. The van der Waals surface area contributed by atoms with Crippen LogP contribution in [0.1, 0.15) is 6.42 Å². The van der Waals surface area contributed by atoms with Crippen LogP contribution in [0, 0.1) is 11.3 Å². The number of hydrogen-bond acceptors (Lipinski definition) is 3. The minimum atomic E-state index is -1.39. The first-order valence-corrected chi connectivity index (χ1v) is 3.32. The first-order chi connectivity index (χ1) is 5.19. The van der Waals surface area contributed by atoms with Gasteiger partial charge in [0.25, 0.3) is 0 Å². The minimum absolute atomic E-state index is 0.0883. The molecule has 2 N–H and O–H groups in total. The van der Waals surface area contributed by atoms with Gasteiger partial charge in [0.15, 0.2) is 0 Å². The average Bonchev–Trinajstić information content (AvgIpc) is 1.96. The van der Waals surface area contributed by atoms with Crippen LogP contribution in [-0.2, 0) is 0 Å². The Bertz CT molecular complexity index is 239. The lowest BCUT2D eigenvalue weighted by atomic mass is 9.90. The van der Waals surface area contributed by atoms with Crippen molar-refractivity contribution >= 4 is 0 Å². The third-order valence-corrected chi connectivity index (χ3v) is 1.66. The first kappa shape index (κ1) is 7.99. The van der Waals surface area contributed by atoms with Gasteiger partial charge in [-0.05, 0) is 6.08 Å². The highest BCUT2D eigenvalue weighted by atomic mass is 16.3. The summed E-state index contributed by atoms with van der Waals surface area (Å²) in [5.41, 5.74) is -1.39. The predicted molar refractivity (Wildman–Crippen MR) is 39.5 cm³/mol. The standard InChI is InChI=1S/C8H9NO2/c9-6-5-8(11)4-2-1-3-7(8)10/h1-4,7,10-11H,5H2/t7-,8-/m0/s1. The molecule has 0 radical (unpaired) electrons. The van der Waals surface area contributed by atoms with Crippen LogP contribution in [-0.4, -0.2) is 21.9 Å². The zero-order valence-corrected chi connectivity index (χ0v) is 5.94. The van der Waals surface area contributed by atoms with Crippen molar-refractivity contribution in [3.05, 3.63) is 24.3 Å². The van der Waals surface area contributed by atoms with E-state index in [1.165, 1.54) is 12.2 Å². The second kappa shape index (κ2) is 2.87. The molecular formula is C8H9NO2. The highest BCUT2D eigenvalue weighted by Gasteiger charge is 2.32. The van der Waals surface area contributed by atoms with Gasteiger partial charge in [-0.3, -0.25) is 0 Å². The molecule has 2 atom stereocenters. The maximum atomic E-state index is 9.53. The molecule has 0 saturated carbocycles. The van der Waals surface area contributed by atoms with Gasteiger partial charge in [0.2, 0.25) is 0 Å². The van der Waals surface area contributed by atoms with Gasteiger partial charge in [-0.15, -0.1) is 0 Å². The molecule has 0 aliphatic heterocycles. The number of aliphatic hydroxyl groups is 2. The van der Waals surface area contributed by atoms with E-state index < -0.39 is 11.7 Å². The molecule has 1 aliphatic rings. The van der Waals surface area contributed by atoms with Gasteiger partial charge in [0.1, 0.15) is 11.7 Å². The third kappa shape index (κ3) is 1.48. The molecular weight excluding hydrogens is 142 g/mol. The summed E-state index contributed by atoms with van der Waals surface area (Å²) in [6, 6.07) is 1.81. The SMILES string of the molecule is N#CC[C@@]1(O)C=CC=C[C@@H]1O. The second-order valence-electron chi connectivity index (χ2n) is 2.51. The van der Waals surface area contributed by atoms with Crippen molar-refractivity contribution in [1.29, 1.82) is 5.26 Å². The highest BCUT2D eigenvalue weighted by molar-refractivity contribution is 5.23. The molecule has 11 heavy (non-hydrogen) atoms. The normalized spacial score (nSPS) is 35.2. The first-order valence-electron chi connectivity index (χ1n) is 3.32. The monoisotopic (exact) mass is 151 g/mol. The van der Waals surface area contributed by atoms with E-state index in [2.05, 4.69) is 0 Å². The van der Waals surface area contributed by atoms with Gasteiger partial charge in [-0.1, -0.05) is 18.2 Å². The van der Waals surface area contributed by atoms with Gasteiger partial charge < -0.3 is 10.2 Å². The summed E-state index contributed by atoms with van der Waals surface area (Å²) >= 11 is 0. The van der Waals surface area contributed by atoms with Crippen molar-refractivity contribution in [2.45, 2.75) is 18.1 Å². The molecule has 0 aromatic heterocycles. The Morgan fingerprint density at radius 2 is 2.27 bits per heavy atom. The molecule has 0 heterocycles. The van der Waals surface area contributed by atoms with Crippen LogP contribution in [0.15, 0.2) is 24.3 Å². The van der Waals surface area contributed by atoms with E-state index in [4.69, 9.17) is 5.26 Å². The maximum absolute atomic E-state index is 9.53. The van der Waals surface area contributed by atoms with E-state index in [1.54, 1.807) is 12.2 Å². The topological polar surface area (TPSA) is 64.2 Å². The van der Waals surface area contributed by atoms with Crippen molar-refractivity contribution in [3.8, 4) is 6.07 Å².